The van der Waals surface area contributed by atoms with Crippen molar-refractivity contribution in [3.05, 3.63) is 48.1 Å². The maximum absolute atomic E-state index is 12.5. The van der Waals surface area contributed by atoms with Gasteiger partial charge in [0.2, 0.25) is 11.8 Å². The van der Waals surface area contributed by atoms with Gasteiger partial charge in [-0.05, 0) is 6.07 Å². The molecule has 1 aromatic carbocycles. The number of hydrogen-bond donors (Lipinski definition) is 1. The van der Waals surface area contributed by atoms with Crippen molar-refractivity contribution in [3.63, 3.8) is 0 Å². The van der Waals surface area contributed by atoms with Gasteiger partial charge in [-0.2, -0.15) is 18.2 Å². The molecule has 134 valence electrons. The highest BCUT2D eigenvalue weighted by Crippen LogP contribution is 2.33. The molecule has 1 N–H and O–H groups in total. The first kappa shape index (κ1) is 16.3. The van der Waals surface area contributed by atoms with E-state index in [-0.39, 0.29) is 17.4 Å². The Labute approximate surface area is 145 Å². The van der Waals surface area contributed by atoms with Crippen molar-refractivity contribution in [2.75, 3.05) is 11.9 Å². The number of fused-ring (bicyclic) bond motifs is 1. The summed E-state index contributed by atoms with van der Waals surface area (Å²) in [4.78, 5) is 11.6. The van der Waals surface area contributed by atoms with Gasteiger partial charge in [0, 0.05) is 24.4 Å². The lowest BCUT2D eigenvalue weighted by Crippen LogP contribution is -2.21. The summed E-state index contributed by atoms with van der Waals surface area (Å²) >= 11 is 0. The molecule has 26 heavy (non-hydrogen) atoms. The molecule has 0 fully saturated rings. The number of aromatic nitrogens is 4. The van der Waals surface area contributed by atoms with Gasteiger partial charge in [-0.25, -0.2) is 9.97 Å². The fourth-order valence-electron chi connectivity index (χ4n) is 2.62. The van der Waals surface area contributed by atoms with E-state index in [1.165, 1.54) is 12.4 Å². The van der Waals surface area contributed by atoms with E-state index in [9.17, 15) is 13.2 Å². The molecule has 0 aliphatic carbocycles. The molecular weight excluding hydrogens is 351 g/mol. The van der Waals surface area contributed by atoms with Crippen LogP contribution >= 0.6 is 0 Å². The van der Waals surface area contributed by atoms with E-state index in [2.05, 4.69) is 29.9 Å². The Kier molecular flexibility index (Phi) is 3.94. The Bertz CT molecular complexity index is 911. The van der Waals surface area contributed by atoms with Gasteiger partial charge in [0.05, 0.1) is 18.2 Å². The highest BCUT2D eigenvalue weighted by atomic mass is 19.4. The number of halogens is 3. The first-order valence-electron chi connectivity index (χ1n) is 7.72. The number of nitrogens with one attached hydrogen (secondary N) is 1. The van der Waals surface area contributed by atoms with Gasteiger partial charge in [0.15, 0.2) is 0 Å². The van der Waals surface area contributed by atoms with Crippen LogP contribution < -0.4 is 10.1 Å². The zero-order valence-electron chi connectivity index (χ0n) is 13.2. The van der Waals surface area contributed by atoms with Crippen LogP contribution in [0, 0.1) is 0 Å². The molecule has 3 aromatic rings. The normalized spacial score (nSPS) is 16.7. The molecule has 10 heteroatoms. The second-order valence-electron chi connectivity index (χ2n) is 5.59. The number of benzene rings is 1. The zero-order chi connectivity index (χ0) is 18.1. The number of ether oxygens (including phenoxy) is 1. The van der Waals surface area contributed by atoms with Crippen LogP contribution in [0.4, 0.5) is 19.1 Å². The average Bonchev–Trinajstić information content (AvgIpc) is 3.13. The van der Waals surface area contributed by atoms with Gasteiger partial charge in [-0.15, -0.1) is 0 Å². The van der Waals surface area contributed by atoms with Crippen molar-refractivity contribution < 1.29 is 22.4 Å². The predicted molar refractivity (Wildman–Crippen MR) is 83.2 cm³/mol. The molecule has 0 spiro atoms. The molecule has 1 aliphatic heterocycles. The van der Waals surface area contributed by atoms with Crippen molar-refractivity contribution in [2.45, 2.75) is 18.6 Å². The summed E-state index contributed by atoms with van der Waals surface area (Å²) < 4.78 is 47.3. The third kappa shape index (κ3) is 3.17. The van der Waals surface area contributed by atoms with Gasteiger partial charge in [-0.3, -0.25) is 0 Å². The lowest BCUT2D eigenvalue weighted by Gasteiger charge is -2.26. The van der Waals surface area contributed by atoms with Crippen LogP contribution in [0.3, 0.4) is 0 Å². The number of rotatable bonds is 3. The predicted octanol–water partition coefficient (Wildman–Crippen LogP) is 3.48. The van der Waals surface area contributed by atoms with Crippen molar-refractivity contribution in [3.8, 4) is 17.1 Å². The van der Waals surface area contributed by atoms with Crippen molar-refractivity contribution in [2.24, 2.45) is 0 Å². The van der Waals surface area contributed by atoms with Crippen molar-refractivity contribution in [1.82, 2.24) is 20.1 Å². The molecule has 7 nitrogen and oxygen atoms in total. The van der Waals surface area contributed by atoms with Crippen LogP contribution in [-0.2, 0) is 6.18 Å². The van der Waals surface area contributed by atoms with Gasteiger partial charge < -0.3 is 14.6 Å². The average molecular weight is 363 g/mol. The fourth-order valence-corrected chi connectivity index (χ4v) is 2.62. The minimum atomic E-state index is -4.69. The standard InChI is InChI=1S/C16H12F3N5O2/c17-16(18,19)14-23-13(24-26-14)9-7-20-15(21-8-9)22-11-5-6-25-12-4-2-1-3-10(11)12/h1-4,7-8,11H,5-6H2,(H,20,21,22)/t11-/m1/s1. The molecule has 0 unspecified atom stereocenters. The summed E-state index contributed by atoms with van der Waals surface area (Å²) in [6.07, 6.45) is -1.27. The number of para-hydroxylation sites is 1. The maximum atomic E-state index is 12.5. The first-order valence-corrected chi connectivity index (χ1v) is 7.72. The topological polar surface area (TPSA) is 86.0 Å². The van der Waals surface area contributed by atoms with Crippen LogP contribution in [0.25, 0.3) is 11.4 Å². The molecule has 4 rings (SSSR count). The van der Waals surface area contributed by atoms with Gasteiger partial charge in [-0.1, -0.05) is 23.4 Å². The summed E-state index contributed by atoms with van der Waals surface area (Å²) in [5.74, 6) is -0.483. The third-order valence-corrected chi connectivity index (χ3v) is 3.84. The second kappa shape index (κ2) is 6.28. The summed E-state index contributed by atoms with van der Waals surface area (Å²) in [6.45, 7) is 0.565. The van der Waals surface area contributed by atoms with E-state index in [0.717, 1.165) is 17.7 Å². The van der Waals surface area contributed by atoms with Gasteiger partial charge in [0.25, 0.3) is 0 Å². The molecule has 1 atom stereocenters. The van der Waals surface area contributed by atoms with E-state index >= 15 is 0 Å². The van der Waals surface area contributed by atoms with E-state index < -0.39 is 12.1 Å². The lowest BCUT2D eigenvalue weighted by molar-refractivity contribution is -0.159. The molecule has 0 radical (unpaired) electrons. The van der Waals surface area contributed by atoms with Crippen LogP contribution in [0.2, 0.25) is 0 Å². The molecule has 1 aliphatic rings. The number of anilines is 1. The van der Waals surface area contributed by atoms with E-state index in [1.54, 1.807) is 0 Å². The van der Waals surface area contributed by atoms with Crippen LogP contribution in [0.15, 0.2) is 41.2 Å². The molecule has 0 amide bonds. The quantitative estimate of drug-likeness (QED) is 0.762. The molecular formula is C16H12F3N5O2. The minimum absolute atomic E-state index is 0.0205. The Morgan fingerprint density at radius 1 is 1.12 bits per heavy atom. The van der Waals surface area contributed by atoms with Crippen LogP contribution in [0.5, 0.6) is 5.75 Å². The van der Waals surface area contributed by atoms with Gasteiger partial charge >= 0.3 is 12.1 Å². The maximum Gasteiger partial charge on any atom is 0.471 e. The van der Waals surface area contributed by atoms with Crippen LogP contribution in [-0.4, -0.2) is 26.7 Å². The lowest BCUT2D eigenvalue weighted by atomic mass is 10.0. The van der Waals surface area contributed by atoms with Crippen LogP contribution in [0.1, 0.15) is 23.9 Å². The Morgan fingerprint density at radius 2 is 1.88 bits per heavy atom. The number of hydrogen-bond acceptors (Lipinski definition) is 7. The van der Waals surface area contributed by atoms with E-state index in [4.69, 9.17) is 4.74 Å². The highest BCUT2D eigenvalue weighted by molar-refractivity contribution is 5.52. The zero-order valence-corrected chi connectivity index (χ0v) is 13.2. The van der Waals surface area contributed by atoms with E-state index in [1.807, 2.05) is 24.3 Å². The highest BCUT2D eigenvalue weighted by Gasteiger charge is 2.38. The minimum Gasteiger partial charge on any atom is -0.493 e. The number of nitrogens with zero attached hydrogens (tertiary/aromatic N) is 4. The van der Waals surface area contributed by atoms with E-state index in [0.29, 0.717) is 12.6 Å². The summed E-state index contributed by atoms with van der Waals surface area (Å²) in [5, 5.41) is 6.50. The Hall–Kier alpha value is -3.17. The SMILES string of the molecule is FC(F)(F)c1nc(-c2cnc(N[C@@H]3CCOc4ccccc43)nc2)no1. The fraction of sp³-hybridized carbons (Fsp3) is 0.250. The third-order valence-electron chi connectivity index (χ3n) is 3.84. The smallest absolute Gasteiger partial charge is 0.471 e. The molecule has 0 saturated heterocycles. The monoisotopic (exact) mass is 363 g/mol. The van der Waals surface area contributed by atoms with Gasteiger partial charge in [0.1, 0.15) is 5.75 Å². The summed E-state index contributed by atoms with van der Waals surface area (Å²) in [5.41, 5.74) is 1.22. The first-order chi connectivity index (χ1) is 12.5. The number of alkyl halides is 3. The summed E-state index contributed by atoms with van der Waals surface area (Å²) in [6, 6.07) is 7.64. The van der Waals surface area contributed by atoms with Crippen molar-refractivity contribution >= 4 is 5.95 Å². The Balaban J connectivity index is 1.51. The summed E-state index contributed by atoms with van der Waals surface area (Å²) in [7, 11) is 0. The largest absolute Gasteiger partial charge is 0.493 e. The molecule has 0 bridgehead atoms. The second-order valence-corrected chi connectivity index (χ2v) is 5.59. The van der Waals surface area contributed by atoms with Crippen molar-refractivity contribution in [1.29, 1.82) is 0 Å². The Morgan fingerprint density at radius 3 is 2.62 bits per heavy atom. The molecule has 2 aromatic heterocycles. The molecule has 0 saturated carbocycles. The molecule has 3 heterocycles.